The number of piperidine rings is 1. The summed E-state index contributed by atoms with van der Waals surface area (Å²) < 4.78 is 6.27. The van der Waals surface area contributed by atoms with Crippen LogP contribution in [0.5, 0.6) is 0 Å². The number of allylic oxidation sites excluding steroid dienone is 1. The zero-order chi connectivity index (χ0) is 18.6. The molecule has 2 aliphatic heterocycles. The van der Waals surface area contributed by atoms with Crippen molar-refractivity contribution in [1.29, 1.82) is 5.26 Å². The van der Waals surface area contributed by atoms with Crippen LogP contribution in [0.3, 0.4) is 0 Å². The number of aliphatic imine (C=N–C) groups is 1. The largest absolute Gasteiger partial charge is 0.477 e. The van der Waals surface area contributed by atoms with Crippen LogP contribution in [0.25, 0.3) is 5.57 Å². The summed E-state index contributed by atoms with van der Waals surface area (Å²) in [6.07, 6.45) is 4.01. The van der Waals surface area contributed by atoms with E-state index in [4.69, 9.17) is 9.73 Å². The number of benzene rings is 2. The summed E-state index contributed by atoms with van der Waals surface area (Å²) in [5.41, 5.74) is 4.62. The molecule has 0 aromatic heterocycles. The molecule has 136 valence electrons. The highest BCUT2D eigenvalue weighted by Crippen LogP contribution is 2.36. The van der Waals surface area contributed by atoms with Crippen LogP contribution in [0.1, 0.15) is 29.5 Å². The molecule has 1 saturated heterocycles. The quantitative estimate of drug-likeness (QED) is 0.749. The van der Waals surface area contributed by atoms with E-state index in [1.807, 2.05) is 48.5 Å². The van der Waals surface area contributed by atoms with Crippen molar-refractivity contribution in [3.05, 3.63) is 71.3 Å². The van der Waals surface area contributed by atoms with Crippen molar-refractivity contribution in [3.63, 3.8) is 0 Å². The highest BCUT2D eigenvalue weighted by Gasteiger charge is 2.23. The van der Waals surface area contributed by atoms with E-state index in [0.717, 1.165) is 41.0 Å². The second-order valence-corrected chi connectivity index (χ2v) is 7.25. The molecule has 0 amide bonds. The van der Waals surface area contributed by atoms with Crippen LogP contribution in [0.2, 0.25) is 0 Å². The summed E-state index contributed by atoms with van der Waals surface area (Å²) in [6, 6.07) is 18.2. The number of para-hydroxylation sites is 1. The Morgan fingerprint density at radius 2 is 1.89 bits per heavy atom. The van der Waals surface area contributed by atoms with Gasteiger partial charge in [-0.3, -0.25) is 0 Å². The lowest BCUT2D eigenvalue weighted by molar-refractivity contribution is 0.145. The van der Waals surface area contributed by atoms with Gasteiger partial charge in [0.15, 0.2) is 0 Å². The van der Waals surface area contributed by atoms with E-state index < -0.39 is 0 Å². The van der Waals surface area contributed by atoms with E-state index in [-0.39, 0.29) is 0 Å². The van der Waals surface area contributed by atoms with E-state index in [0.29, 0.717) is 18.4 Å². The lowest BCUT2D eigenvalue weighted by Gasteiger charge is -2.29. The van der Waals surface area contributed by atoms with E-state index in [1.54, 1.807) is 6.08 Å². The van der Waals surface area contributed by atoms with Crippen LogP contribution < -0.4 is 0 Å². The molecular formula is C23H23N3O. The molecule has 0 aliphatic carbocycles. The monoisotopic (exact) mass is 357 g/mol. The number of likely N-dealkylation sites (tertiary alicyclic amines) is 1. The van der Waals surface area contributed by atoms with Gasteiger partial charge < -0.3 is 9.64 Å². The topological polar surface area (TPSA) is 48.6 Å². The predicted molar refractivity (Wildman–Crippen MR) is 108 cm³/mol. The average molecular weight is 357 g/mol. The third-order valence-corrected chi connectivity index (χ3v) is 5.25. The Kier molecular flexibility index (Phi) is 5.04. The highest BCUT2D eigenvalue weighted by atomic mass is 16.5. The zero-order valence-electron chi connectivity index (χ0n) is 15.6. The molecule has 4 heteroatoms. The Morgan fingerprint density at radius 1 is 1.15 bits per heavy atom. The maximum atomic E-state index is 9.33. The van der Waals surface area contributed by atoms with E-state index in [2.05, 4.69) is 18.0 Å². The fraction of sp³-hybridized carbons (Fsp3) is 0.304. The molecule has 27 heavy (non-hydrogen) atoms. The van der Waals surface area contributed by atoms with Crippen LogP contribution in [0.4, 0.5) is 5.69 Å². The van der Waals surface area contributed by atoms with Crippen molar-refractivity contribution in [2.75, 3.05) is 26.7 Å². The first kappa shape index (κ1) is 17.5. The van der Waals surface area contributed by atoms with Gasteiger partial charge in [-0.1, -0.05) is 36.4 Å². The molecular weight excluding hydrogens is 334 g/mol. The molecule has 2 heterocycles. The second kappa shape index (κ2) is 7.77. The Balaban J connectivity index is 1.72. The first-order chi connectivity index (χ1) is 13.3. The Morgan fingerprint density at radius 3 is 2.67 bits per heavy atom. The lowest BCUT2D eigenvalue weighted by atomic mass is 9.93. The van der Waals surface area contributed by atoms with Crippen LogP contribution in [0.15, 0.2) is 59.6 Å². The van der Waals surface area contributed by atoms with Gasteiger partial charge in [0.25, 0.3) is 0 Å². The molecule has 0 spiro atoms. The van der Waals surface area contributed by atoms with Gasteiger partial charge in [0.05, 0.1) is 18.4 Å². The van der Waals surface area contributed by atoms with Gasteiger partial charge in [0.2, 0.25) is 5.90 Å². The molecule has 0 saturated carbocycles. The summed E-state index contributed by atoms with van der Waals surface area (Å²) in [5.74, 6) is 1.17. The van der Waals surface area contributed by atoms with Crippen LogP contribution >= 0.6 is 0 Å². The van der Waals surface area contributed by atoms with Crippen molar-refractivity contribution in [3.8, 4) is 6.07 Å². The summed E-state index contributed by atoms with van der Waals surface area (Å²) in [5, 5.41) is 9.33. The molecule has 2 aromatic carbocycles. The third-order valence-electron chi connectivity index (χ3n) is 5.25. The van der Waals surface area contributed by atoms with Gasteiger partial charge in [-0.15, -0.1) is 0 Å². The maximum Gasteiger partial charge on any atom is 0.221 e. The van der Waals surface area contributed by atoms with Crippen LogP contribution in [-0.2, 0) is 4.74 Å². The maximum absolute atomic E-state index is 9.33. The minimum absolute atomic E-state index is 0.520. The summed E-state index contributed by atoms with van der Waals surface area (Å²) >= 11 is 0. The molecule has 0 radical (unpaired) electrons. The van der Waals surface area contributed by atoms with Crippen molar-refractivity contribution < 1.29 is 4.74 Å². The lowest BCUT2D eigenvalue weighted by Crippen LogP contribution is -2.34. The Bertz CT molecular complexity index is 939. The van der Waals surface area contributed by atoms with Crippen molar-refractivity contribution in [2.45, 2.75) is 12.8 Å². The number of hydrogen-bond donors (Lipinski definition) is 0. The first-order valence-corrected chi connectivity index (χ1v) is 9.45. The standard InChI is InChI=1S/C23H23N3O/c1-26-14-6-7-17(15-26)16-27-23-21-10-3-2-8-18(21)19(12-13-24)20-9-4-5-11-22(20)25-23/h2-5,8-12,17H,6-7,14-16H2,1H3/b19-12+. The number of ether oxygens (including phenoxy) is 1. The normalized spacial score (nSPS) is 20.8. The molecule has 1 fully saturated rings. The summed E-state index contributed by atoms with van der Waals surface area (Å²) in [7, 11) is 2.17. The summed E-state index contributed by atoms with van der Waals surface area (Å²) in [4.78, 5) is 7.21. The fourth-order valence-corrected chi connectivity index (χ4v) is 3.95. The molecule has 0 bridgehead atoms. The predicted octanol–water partition coefficient (Wildman–Crippen LogP) is 4.39. The number of nitrogens with zero attached hydrogens (tertiary/aromatic N) is 3. The van der Waals surface area contributed by atoms with Crippen LogP contribution in [-0.4, -0.2) is 37.5 Å². The number of hydrogen-bond acceptors (Lipinski definition) is 4. The fourth-order valence-electron chi connectivity index (χ4n) is 3.95. The van der Waals surface area contributed by atoms with Crippen LogP contribution in [0, 0.1) is 17.2 Å². The molecule has 4 rings (SSSR count). The van der Waals surface area contributed by atoms with Gasteiger partial charge in [0, 0.05) is 35.2 Å². The van der Waals surface area contributed by atoms with Gasteiger partial charge in [-0.2, -0.15) is 5.26 Å². The molecule has 2 aliphatic rings. The smallest absolute Gasteiger partial charge is 0.221 e. The third kappa shape index (κ3) is 3.65. The SMILES string of the molecule is CN1CCCC(COC2=Nc3ccccc3/C(=C/C#N)c3ccccc32)C1. The van der Waals surface area contributed by atoms with Crippen molar-refractivity contribution in [1.82, 2.24) is 4.90 Å². The van der Waals surface area contributed by atoms with E-state index in [1.165, 1.54) is 12.8 Å². The highest BCUT2D eigenvalue weighted by molar-refractivity contribution is 6.06. The summed E-state index contributed by atoms with van der Waals surface area (Å²) in [6.45, 7) is 2.89. The Hall–Kier alpha value is -2.90. The minimum Gasteiger partial charge on any atom is -0.477 e. The van der Waals surface area contributed by atoms with Gasteiger partial charge >= 0.3 is 0 Å². The van der Waals surface area contributed by atoms with Crippen molar-refractivity contribution >= 4 is 17.2 Å². The molecule has 2 aromatic rings. The molecule has 1 atom stereocenters. The van der Waals surface area contributed by atoms with E-state index in [9.17, 15) is 5.26 Å². The zero-order valence-corrected chi connectivity index (χ0v) is 15.6. The van der Waals surface area contributed by atoms with Gasteiger partial charge in [-0.05, 0) is 44.1 Å². The van der Waals surface area contributed by atoms with Gasteiger partial charge in [0.1, 0.15) is 0 Å². The molecule has 4 nitrogen and oxygen atoms in total. The number of rotatable bonds is 2. The molecule has 0 N–H and O–H groups in total. The second-order valence-electron chi connectivity index (χ2n) is 7.25. The first-order valence-electron chi connectivity index (χ1n) is 9.45. The van der Waals surface area contributed by atoms with E-state index >= 15 is 0 Å². The number of nitriles is 1. The minimum atomic E-state index is 0.520. The molecule has 1 unspecified atom stereocenters. The van der Waals surface area contributed by atoms with Crippen molar-refractivity contribution in [2.24, 2.45) is 10.9 Å². The average Bonchev–Trinajstić information content (AvgIpc) is 2.82. The number of fused-ring (bicyclic) bond motifs is 2. The van der Waals surface area contributed by atoms with Gasteiger partial charge in [-0.25, -0.2) is 4.99 Å². The Labute approximate surface area is 160 Å².